The fourth-order valence-electron chi connectivity index (χ4n) is 1.37. The van der Waals surface area contributed by atoms with Crippen molar-refractivity contribution in [3.05, 3.63) is 0 Å². The Bertz CT molecular complexity index is 133. The van der Waals surface area contributed by atoms with Crippen LogP contribution in [0.25, 0.3) is 0 Å². The average Bonchev–Trinajstić information content (AvgIpc) is 2.15. The summed E-state index contributed by atoms with van der Waals surface area (Å²) in [5, 5.41) is 9.09. The van der Waals surface area contributed by atoms with Gasteiger partial charge in [-0.3, -0.25) is 0 Å². The van der Waals surface area contributed by atoms with Crippen LogP contribution in [-0.4, -0.2) is 43.7 Å². The van der Waals surface area contributed by atoms with Crippen LogP contribution in [0, 0.1) is 0 Å². The van der Waals surface area contributed by atoms with Crippen LogP contribution in [0.5, 0.6) is 0 Å². The average molecular weight is 205 g/mol. The standard InChI is InChI=1S/C10H23NO3/c1-4-5-9(11)10(6-12)14-8(2)7-13-3/h8-10,12H,4-7,11H2,1-3H3. The van der Waals surface area contributed by atoms with E-state index in [0.717, 1.165) is 12.8 Å². The van der Waals surface area contributed by atoms with Gasteiger partial charge in [0.2, 0.25) is 0 Å². The Morgan fingerprint density at radius 1 is 1.43 bits per heavy atom. The highest BCUT2D eigenvalue weighted by Crippen LogP contribution is 2.06. The van der Waals surface area contributed by atoms with Crippen molar-refractivity contribution >= 4 is 0 Å². The summed E-state index contributed by atoms with van der Waals surface area (Å²) in [6.07, 6.45) is 1.56. The molecule has 0 aliphatic carbocycles. The highest BCUT2D eigenvalue weighted by molar-refractivity contribution is 4.73. The molecule has 0 fully saturated rings. The summed E-state index contributed by atoms with van der Waals surface area (Å²) in [7, 11) is 1.62. The molecule has 0 aliphatic rings. The Morgan fingerprint density at radius 3 is 2.50 bits per heavy atom. The number of methoxy groups -OCH3 is 1. The molecule has 4 heteroatoms. The molecule has 0 rings (SSSR count). The van der Waals surface area contributed by atoms with Crippen LogP contribution in [0.2, 0.25) is 0 Å². The van der Waals surface area contributed by atoms with Gasteiger partial charge in [0, 0.05) is 13.2 Å². The van der Waals surface area contributed by atoms with Gasteiger partial charge in [-0.15, -0.1) is 0 Å². The normalized spacial score (nSPS) is 17.8. The van der Waals surface area contributed by atoms with Crippen LogP contribution in [-0.2, 0) is 9.47 Å². The van der Waals surface area contributed by atoms with E-state index >= 15 is 0 Å². The maximum atomic E-state index is 9.09. The van der Waals surface area contributed by atoms with Gasteiger partial charge < -0.3 is 20.3 Å². The first-order chi connectivity index (χ1) is 6.65. The number of hydrogen-bond acceptors (Lipinski definition) is 4. The zero-order valence-electron chi connectivity index (χ0n) is 9.40. The first-order valence-corrected chi connectivity index (χ1v) is 5.16. The molecule has 14 heavy (non-hydrogen) atoms. The number of hydrogen-bond donors (Lipinski definition) is 2. The van der Waals surface area contributed by atoms with Crippen LogP contribution < -0.4 is 5.73 Å². The highest BCUT2D eigenvalue weighted by atomic mass is 16.5. The summed E-state index contributed by atoms with van der Waals surface area (Å²) < 4.78 is 10.5. The van der Waals surface area contributed by atoms with Crippen LogP contribution in [0.3, 0.4) is 0 Å². The minimum atomic E-state index is -0.278. The fraction of sp³-hybridized carbons (Fsp3) is 1.00. The lowest BCUT2D eigenvalue weighted by atomic mass is 10.1. The lowest BCUT2D eigenvalue weighted by Gasteiger charge is -2.25. The van der Waals surface area contributed by atoms with Crippen LogP contribution in [0.4, 0.5) is 0 Å². The second kappa shape index (κ2) is 8.17. The monoisotopic (exact) mass is 205 g/mol. The Morgan fingerprint density at radius 2 is 2.07 bits per heavy atom. The van der Waals surface area contributed by atoms with Gasteiger partial charge in [-0.05, 0) is 13.3 Å². The van der Waals surface area contributed by atoms with Crippen molar-refractivity contribution in [3.63, 3.8) is 0 Å². The second-order valence-electron chi connectivity index (χ2n) is 3.58. The molecule has 3 atom stereocenters. The van der Waals surface area contributed by atoms with E-state index in [0.29, 0.717) is 6.61 Å². The van der Waals surface area contributed by atoms with Gasteiger partial charge in [0.15, 0.2) is 0 Å². The lowest BCUT2D eigenvalue weighted by molar-refractivity contribution is -0.0692. The van der Waals surface area contributed by atoms with Crippen molar-refractivity contribution in [2.45, 2.75) is 44.9 Å². The van der Waals surface area contributed by atoms with Crippen LogP contribution in [0.1, 0.15) is 26.7 Å². The lowest BCUT2D eigenvalue weighted by Crippen LogP contribution is -2.41. The van der Waals surface area contributed by atoms with E-state index in [4.69, 9.17) is 20.3 Å². The minimum absolute atomic E-state index is 0.0277. The smallest absolute Gasteiger partial charge is 0.0960 e. The van der Waals surface area contributed by atoms with E-state index in [1.165, 1.54) is 0 Å². The van der Waals surface area contributed by atoms with Crippen molar-refractivity contribution in [1.82, 2.24) is 0 Å². The molecular formula is C10H23NO3. The van der Waals surface area contributed by atoms with Gasteiger partial charge in [-0.1, -0.05) is 13.3 Å². The molecule has 0 amide bonds. The van der Waals surface area contributed by atoms with Gasteiger partial charge in [-0.25, -0.2) is 0 Å². The maximum Gasteiger partial charge on any atom is 0.0960 e. The summed E-state index contributed by atoms with van der Waals surface area (Å²) in [6.45, 7) is 4.46. The Labute approximate surface area is 86.4 Å². The molecule has 0 heterocycles. The first kappa shape index (κ1) is 13.8. The molecule has 0 aromatic heterocycles. The Balaban J connectivity index is 3.87. The summed E-state index contributed by atoms with van der Waals surface area (Å²) >= 11 is 0. The summed E-state index contributed by atoms with van der Waals surface area (Å²) in [5.74, 6) is 0. The molecule has 0 aromatic carbocycles. The molecule has 0 radical (unpaired) electrons. The summed E-state index contributed by atoms with van der Waals surface area (Å²) in [6, 6.07) is -0.0932. The molecular weight excluding hydrogens is 182 g/mol. The van der Waals surface area contributed by atoms with E-state index in [9.17, 15) is 0 Å². The molecule has 0 saturated carbocycles. The predicted molar refractivity (Wildman–Crippen MR) is 56.2 cm³/mol. The van der Waals surface area contributed by atoms with Crippen molar-refractivity contribution in [2.24, 2.45) is 5.73 Å². The van der Waals surface area contributed by atoms with E-state index in [1.807, 2.05) is 6.92 Å². The maximum absolute atomic E-state index is 9.09. The van der Waals surface area contributed by atoms with Gasteiger partial charge in [-0.2, -0.15) is 0 Å². The first-order valence-electron chi connectivity index (χ1n) is 5.16. The molecule has 4 nitrogen and oxygen atoms in total. The minimum Gasteiger partial charge on any atom is -0.394 e. The third kappa shape index (κ3) is 5.54. The van der Waals surface area contributed by atoms with E-state index in [1.54, 1.807) is 7.11 Å². The number of aliphatic hydroxyl groups excluding tert-OH is 1. The zero-order chi connectivity index (χ0) is 11.0. The molecule has 0 aromatic rings. The Hall–Kier alpha value is -0.160. The molecule has 86 valence electrons. The number of aliphatic hydroxyl groups is 1. The summed E-state index contributed by atoms with van der Waals surface area (Å²) in [5.41, 5.74) is 5.86. The molecule has 0 aliphatic heterocycles. The van der Waals surface area contributed by atoms with Gasteiger partial charge in [0.25, 0.3) is 0 Å². The molecule has 3 N–H and O–H groups in total. The van der Waals surface area contributed by atoms with E-state index in [-0.39, 0.29) is 24.9 Å². The van der Waals surface area contributed by atoms with Crippen LogP contribution >= 0.6 is 0 Å². The van der Waals surface area contributed by atoms with Crippen LogP contribution in [0.15, 0.2) is 0 Å². The number of nitrogens with two attached hydrogens (primary N) is 1. The fourth-order valence-corrected chi connectivity index (χ4v) is 1.37. The quantitative estimate of drug-likeness (QED) is 0.606. The molecule has 0 bridgehead atoms. The van der Waals surface area contributed by atoms with Gasteiger partial charge in [0.1, 0.15) is 0 Å². The summed E-state index contributed by atoms with van der Waals surface area (Å²) in [4.78, 5) is 0. The van der Waals surface area contributed by atoms with Crippen molar-refractivity contribution < 1.29 is 14.6 Å². The predicted octanol–water partition coefficient (Wildman–Crippen LogP) is 0.526. The van der Waals surface area contributed by atoms with Gasteiger partial charge in [0.05, 0.1) is 25.4 Å². The highest BCUT2D eigenvalue weighted by Gasteiger charge is 2.19. The zero-order valence-corrected chi connectivity index (χ0v) is 9.40. The van der Waals surface area contributed by atoms with Crippen molar-refractivity contribution in [1.29, 1.82) is 0 Å². The van der Waals surface area contributed by atoms with E-state index < -0.39 is 0 Å². The van der Waals surface area contributed by atoms with Gasteiger partial charge >= 0.3 is 0 Å². The Kier molecular flexibility index (Phi) is 8.08. The third-order valence-corrected chi connectivity index (χ3v) is 2.09. The van der Waals surface area contributed by atoms with E-state index in [2.05, 4.69) is 6.92 Å². The largest absolute Gasteiger partial charge is 0.394 e. The molecule has 0 saturated heterocycles. The SMILES string of the molecule is CCCC(N)C(CO)OC(C)COC. The molecule has 3 unspecified atom stereocenters. The molecule has 0 spiro atoms. The second-order valence-corrected chi connectivity index (χ2v) is 3.58. The van der Waals surface area contributed by atoms with Crippen molar-refractivity contribution in [2.75, 3.05) is 20.3 Å². The van der Waals surface area contributed by atoms with Crippen molar-refractivity contribution in [3.8, 4) is 0 Å². The number of rotatable bonds is 8. The third-order valence-electron chi connectivity index (χ3n) is 2.09. The number of ether oxygens (including phenoxy) is 2. The topological polar surface area (TPSA) is 64.7 Å².